The Kier molecular flexibility index (Phi) is 3.78. The van der Waals surface area contributed by atoms with Gasteiger partial charge in [-0.25, -0.2) is 8.78 Å². The number of carbonyl (C=O) groups is 1. The molecule has 0 spiro atoms. The van der Waals surface area contributed by atoms with Gasteiger partial charge in [-0.3, -0.25) is 4.79 Å². The minimum absolute atomic E-state index is 0.139. The standard InChI is InChI=1S/C13H10F5NO/c14-10-5-8(7-20)6-11(15)12(10)19-3-1-9(2-4-19)13(16,17)18/h1,5-7H,2-4H2. The summed E-state index contributed by atoms with van der Waals surface area (Å²) in [5.74, 6) is -1.92. The normalized spacial score (nSPS) is 16.1. The molecule has 2 nitrogen and oxygen atoms in total. The highest BCUT2D eigenvalue weighted by Gasteiger charge is 2.35. The van der Waals surface area contributed by atoms with Crippen LogP contribution in [0.3, 0.4) is 0 Å². The first-order chi connectivity index (χ1) is 9.32. The van der Waals surface area contributed by atoms with E-state index in [-0.39, 0.29) is 25.1 Å². The van der Waals surface area contributed by atoms with Crippen molar-refractivity contribution in [2.75, 3.05) is 18.0 Å². The molecule has 0 atom stereocenters. The van der Waals surface area contributed by atoms with Crippen molar-refractivity contribution in [3.8, 4) is 0 Å². The van der Waals surface area contributed by atoms with E-state index < -0.39 is 29.1 Å². The van der Waals surface area contributed by atoms with Gasteiger partial charge in [0.15, 0.2) is 0 Å². The summed E-state index contributed by atoms with van der Waals surface area (Å²) in [5, 5.41) is 0. The molecule has 1 aromatic rings. The smallest absolute Gasteiger partial charge is 0.363 e. The van der Waals surface area contributed by atoms with Gasteiger partial charge < -0.3 is 4.90 Å². The number of halogens is 5. The van der Waals surface area contributed by atoms with Crippen LogP contribution in [0.25, 0.3) is 0 Å². The van der Waals surface area contributed by atoms with E-state index in [9.17, 15) is 26.7 Å². The van der Waals surface area contributed by atoms with Crippen LogP contribution in [-0.4, -0.2) is 25.6 Å². The summed E-state index contributed by atoms with van der Waals surface area (Å²) >= 11 is 0. The van der Waals surface area contributed by atoms with E-state index in [0.29, 0.717) is 6.29 Å². The molecule has 0 unspecified atom stereocenters. The van der Waals surface area contributed by atoms with Crippen LogP contribution in [-0.2, 0) is 0 Å². The van der Waals surface area contributed by atoms with Gasteiger partial charge in [0.05, 0.1) is 0 Å². The van der Waals surface area contributed by atoms with E-state index in [0.717, 1.165) is 18.2 Å². The van der Waals surface area contributed by atoms with Crippen LogP contribution in [0, 0.1) is 11.6 Å². The molecule has 0 bridgehead atoms. The van der Waals surface area contributed by atoms with Gasteiger partial charge >= 0.3 is 6.18 Å². The Hall–Kier alpha value is -1.92. The molecule has 108 valence electrons. The number of hydrogen-bond donors (Lipinski definition) is 0. The fourth-order valence-corrected chi connectivity index (χ4v) is 2.08. The molecule has 2 rings (SSSR count). The van der Waals surface area contributed by atoms with Crippen molar-refractivity contribution in [3.05, 3.63) is 41.0 Å². The van der Waals surface area contributed by atoms with Gasteiger partial charge in [0.2, 0.25) is 0 Å². The summed E-state index contributed by atoms with van der Waals surface area (Å²) in [7, 11) is 0. The van der Waals surface area contributed by atoms with E-state index in [1.807, 2.05) is 0 Å². The third kappa shape index (κ3) is 2.81. The molecule has 0 N–H and O–H groups in total. The van der Waals surface area contributed by atoms with Gasteiger partial charge in [0.25, 0.3) is 0 Å². The largest absolute Gasteiger partial charge is 0.412 e. The molecule has 0 saturated carbocycles. The average Bonchev–Trinajstić information content (AvgIpc) is 2.37. The molecular weight excluding hydrogens is 281 g/mol. The molecule has 1 aliphatic heterocycles. The van der Waals surface area contributed by atoms with Crippen molar-refractivity contribution in [2.24, 2.45) is 0 Å². The van der Waals surface area contributed by atoms with Crippen molar-refractivity contribution in [1.29, 1.82) is 0 Å². The summed E-state index contributed by atoms with van der Waals surface area (Å²) < 4.78 is 64.8. The monoisotopic (exact) mass is 291 g/mol. The van der Waals surface area contributed by atoms with Gasteiger partial charge in [-0.05, 0) is 18.6 Å². The first kappa shape index (κ1) is 14.5. The quantitative estimate of drug-likeness (QED) is 0.472. The third-order valence-corrected chi connectivity index (χ3v) is 3.06. The summed E-state index contributed by atoms with van der Waals surface area (Å²) in [6, 6.07) is 1.71. The minimum Gasteiger partial charge on any atom is -0.363 e. The molecule has 0 fully saturated rings. The Labute approximate surface area is 111 Å². The number of carbonyl (C=O) groups excluding carboxylic acids is 1. The van der Waals surface area contributed by atoms with Crippen molar-refractivity contribution in [3.63, 3.8) is 0 Å². The van der Waals surface area contributed by atoms with E-state index in [1.54, 1.807) is 0 Å². The lowest BCUT2D eigenvalue weighted by Crippen LogP contribution is -2.33. The lowest BCUT2D eigenvalue weighted by atomic mass is 10.1. The van der Waals surface area contributed by atoms with Crippen LogP contribution in [0.1, 0.15) is 16.8 Å². The van der Waals surface area contributed by atoms with Crippen LogP contribution in [0.5, 0.6) is 0 Å². The van der Waals surface area contributed by atoms with Crippen molar-refractivity contribution in [1.82, 2.24) is 0 Å². The maximum Gasteiger partial charge on any atom is 0.412 e. The maximum atomic E-state index is 13.7. The van der Waals surface area contributed by atoms with Crippen LogP contribution in [0.4, 0.5) is 27.6 Å². The summed E-state index contributed by atoms with van der Waals surface area (Å²) in [6.07, 6.45) is -3.54. The molecule has 0 aromatic heterocycles. The molecule has 1 aliphatic rings. The second-order valence-corrected chi connectivity index (χ2v) is 4.37. The summed E-state index contributed by atoms with van der Waals surface area (Å²) in [5.41, 5.74) is -1.26. The number of aldehydes is 1. The van der Waals surface area contributed by atoms with E-state index in [2.05, 4.69) is 0 Å². The van der Waals surface area contributed by atoms with Gasteiger partial charge in [0, 0.05) is 24.2 Å². The molecule has 1 aromatic carbocycles. The molecule has 0 aliphatic carbocycles. The molecule has 0 saturated heterocycles. The first-order valence-corrected chi connectivity index (χ1v) is 5.78. The molecule has 0 radical (unpaired) electrons. The van der Waals surface area contributed by atoms with Crippen molar-refractivity contribution < 1.29 is 26.7 Å². The first-order valence-electron chi connectivity index (χ1n) is 5.78. The number of nitrogens with zero attached hydrogens (tertiary/aromatic N) is 1. The number of rotatable bonds is 2. The molecule has 20 heavy (non-hydrogen) atoms. The second-order valence-electron chi connectivity index (χ2n) is 4.37. The van der Waals surface area contributed by atoms with Crippen LogP contribution in [0.2, 0.25) is 0 Å². The highest BCUT2D eigenvalue weighted by atomic mass is 19.4. The average molecular weight is 291 g/mol. The minimum atomic E-state index is -4.41. The Bertz CT molecular complexity index is 541. The SMILES string of the molecule is O=Cc1cc(F)c(N2CC=C(C(F)(F)F)CC2)c(F)c1. The number of benzene rings is 1. The zero-order valence-electron chi connectivity index (χ0n) is 10.2. The van der Waals surface area contributed by atoms with Gasteiger partial charge in [-0.15, -0.1) is 0 Å². The Morgan fingerprint density at radius 2 is 1.75 bits per heavy atom. The molecular formula is C13H10F5NO. The van der Waals surface area contributed by atoms with Gasteiger partial charge in [-0.1, -0.05) is 6.08 Å². The summed E-state index contributed by atoms with van der Waals surface area (Å²) in [4.78, 5) is 11.6. The van der Waals surface area contributed by atoms with Crippen LogP contribution < -0.4 is 4.90 Å². The van der Waals surface area contributed by atoms with E-state index in [1.165, 1.54) is 4.90 Å². The fraction of sp³-hybridized carbons (Fsp3) is 0.308. The molecule has 1 heterocycles. The Morgan fingerprint density at radius 1 is 1.15 bits per heavy atom. The van der Waals surface area contributed by atoms with Crippen molar-refractivity contribution in [2.45, 2.75) is 12.6 Å². The molecule has 7 heteroatoms. The summed E-state index contributed by atoms with van der Waals surface area (Å²) in [6.45, 7) is -0.372. The topological polar surface area (TPSA) is 20.3 Å². The predicted octanol–water partition coefficient (Wildman–Crippen LogP) is 3.48. The number of alkyl halides is 3. The highest BCUT2D eigenvalue weighted by Crippen LogP contribution is 2.33. The van der Waals surface area contributed by atoms with E-state index >= 15 is 0 Å². The third-order valence-electron chi connectivity index (χ3n) is 3.06. The Balaban J connectivity index is 2.27. The van der Waals surface area contributed by atoms with E-state index in [4.69, 9.17) is 0 Å². The number of hydrogen-bond acceptors (Lipinski definition) is 2. The van der Waals surface area contributed by atoms with Gasteiger partial charge in [0.1, 0.15) is 23.6 Å². The second kappa shape index (κ2) is 5.22. The zero-order chi connectivity index (χ0) is 14.9. The van der Waals surface area contributed by atoms with Crippen LogP contribution >= 0.6 is 0 Å². The Morgan fingerprint density at radius 3 is 2.15 bits per heavy atom. The van der Waals surface area contributed by atoms with Crippen molar-refractivity contribution >= 4 is 12.0 Å². The maximum absolute atomic E-state index is 13.7. The lowest BCUT2D eigenvalue weighted by Gasteiger charge is -2.29. The molecule has 0 amide bonds. The van der Waals surface area contributed by atoms with Gasteiger partial charge in [-0.2, -0.15) is 13.2 Å². The number of anilines is 1. The fourth-order valence-electron chi connectivity index (χ4n) is 2.08. The lowest BCUT2D eigenvalue weighted by molar-refractivity contribution is -0.0944. The zero-order valence-corrected chi connectivity index (χ0v) is 10.2. The highest BCUT2D eigenvalue weighted by molar-refractivity contribution is 5.76. The van der Waals surface area contributed by atoms with Crippen LogP contribution in [0.15, 0.2) is 23.8 Å². The predicted molar refractivity (Wildman–Crippen MR) is 62.7 cm³/mol.